The fourth-order valence-corrected chi connectivity index (χ4v) is 1.96. The van der Waals surface area contributed by atoms with Crippen molar-refractivity contribution in [2.24, 2.45) is 0 Å². The molecule has 0 saturated carbocycles. The van der Waals surface area contributed by atoms with Gasteiger partial charge in [0.25, 0.3) is 0 Å². The highest BCUT2D eigenvalue weighted by Gasteiger charge is 2.25. The van der Waals surface area contributed by atoms with Crippen molar-refractivity contribution in [2.75, 3.05) is 26.2 Å². The van der Waals surface area contributed by atoms with Crippen LogP contribution in [0.5, 0.6) is 0 Å². The lowest BCUT2D eigenvalue weighted by Gasteiger charge is -2.33. The summed E-state index contributed by atoms with van der Waals surface area (Å²) in [6, 6.07) is 0.170. The van der Waals surface area contributed by atoms with Gasteiger partial charge in [-0.2, -0.15) is 0 Å². The molecule has 1 aliphatic heterocycles. The summed E-state index contributed by atoms with van der Waals surface area (Å²) in [5, 5.41) is 3.23. The second-order valence-corrected chi connectivity index (χ2v) is 3.93. The lowest BCUT2D eigenvalue weighted by atomic mass is 10.0. The number of rotatable bonds is 4. The number of carbonyl (C=O) groups excluding carboxylic acids is 2. The van der Waals surface area contributed by atoms with Crippen LogP contribution in [-0.2, 0) is 14.3 Å². The Balaban J connectivity index is 2.52. The molecule has 0 atom stereocenters. The molecule has 5 heteroatoms. The molecule has 5 nitrogen and oxygen atoms in total. The van der Waals surface area contributed by atoms with E-state index >= 15 is 0 Å². The van der Waals surface area contributed by atoms with Gasteiger partial charge in [-0.15, -0.1) is 0 Å². The smallest absolute Gasteiger partial charge is 0.325 e. The van der Waals surface area contributed by atoms with E-state index in [1.165, 1.54) is 6.92 Å². The van der Waals surface area contributed by atoms with Gasteiger partial charge in [0.2, 0.25) is 5.91 Å². The SMILES string of the molecule is CCOC(=O)CN(C(C)=O)C1CCNCC1. The molecule has 1 heterocycles. The molecule has 0 bridgehead atoms. The Kier molecular flexibility index (Phi) is 5.25. The largest absolute Gasteiger partial charge is 0.465 e. The molecule has 0 aromatic rings. The van der Waals surface area contributed by atoms with Crippen LogP contribution >= 0.6 is 0 Å². The third kappa shape index (κ3) is 3.81. The average Bonchev–Trinajstić information content (AvgIpc) is 2.27. The minimum atomic E-state index is -0.323. The number of piperidine rings is 1. The highest BCUT2D eigenvalue weighted by atomic mass is 16.5. The van der Waals surface area contributed by atoms with Gasteiger partial charge in [-0.05, 0) is 32.9 Å². The Morgan fingerprint density at radius 3 is 2.50 bits per heavy atom. The molecule has 0 aromatic heterocycles. The number of hydrogen-bond donors (Lipinski definition) is 1. The fraction of sp³-hybridized carbons (Fsp3) is 0.818. The van der Waals surface area contributed by atoms with Crippen LogP contribution in [-0.4, -0.2) is 49.1 Å². The van der Waals surface area contributed by atoms with E-state index in [1.54, 1.807) is 11.8 Å². The van der Waals surface area contributed by atoms with Crippen molar-refractivity contribution in [3.8, 4) is 0 Å². The zero-order chi connectivity index (χ0) is 12.0. The molecule has 0 radical (unpaired) electrons. The predicted octanol–water partition coefficient (Wildman–Crippen LogP) is 0.150. The number of ether oxygens (including phenoxy) is 1. The second kappa shape index (κ2) is 6.48. The van der Waals surface area contributed by atoms with Crippen LogP contribution in [0.4, 0.5) is 0 Å². The van der Waals surface area contributed by atoms with Crippen molar-refractivity contribution in [3.05, 3.63) is 0 Å². The molecule has 0 spiro atoms. The molecule has 0 aromatic carbocycles. The van der Waals surface area contributed by atoms with E-state index in [0.717, 1.165) is 25.9 Å². The van der Waals surface area contributed by atoms with Crippen molar-refractivity contribution in [1.82, 2.24) is 10.2 Å². The van der Waals surface area contributed by atoms with Crippen LogP contribution < -0.4 is 5.32 Å². The first-order valence-electron chi connectivity index (χ1n) is 5.78. The van der Waals surface area contributed by atoms with Crippen molar-refractivity contribution in [2.45, 2.75) is 32.7 Å². The van der Waals surface area contributed by atoms with Gasteiger partial charge < -0.3 is 15.0 Å². The second-order valence-electron chi connectivity index (χ2n) is 3.93. The van der Waals surface area contributed by atoms with E-state index in [2.05, 4.69) is 5.32 Å². The molecule has 1 N–H and O–H groups in total. The molecule has 0 unspecified atom stereocenters. The van der Waals surface area contributed by atoms with E-state index in [0.29, 0.717) is 6.61 Å². The minimum Gasteiger partial charge on any atom is -0.465 e. The summed E-state index contributed by atoms with van der Waals surface area (Å²) in [6.45, 7) is 5.50. The molecule has 0 aliphatic carbocycles. The van der Waals surface area contributed by atoms with Gasteiger partial charge in [-0.25, -0.2) is 0 Å². The molecule has 1 rings (SSSR count). The third-order valence-electron chi connectivity index (χ3n) is 2.76. The van der Waals surface area contributed by atoms with Gasteiger partial charge in [0.05, 0.1) is 6.61 Å². The standard InChI is InChI=1S/C11H20N2O3/c1-3-16-11(15)8-13(9(2)14)10-4-6-12-7-5-10/h10,12H,3-8H2,1-2H3. The molecule has 1 aliphatic rings. The summed E-state index contributed by atoms with van der Waals surface area (Å²) in [4.78, 5) is 24.5. The maximum Gasteiger partial charge on any atom is 0.325 e. The topological polar surface area (TPSA) is 58.6 Å². The van der Waals surface area contributed by atoms with Gasteiger partial charge >= 0.3 is 5.97 Å². The summed E-state index contributed by atoms with van der Waals surface area (Å²) < 4.78 is 4.86. The van der Waals surface area contributed by atoms with Crippen LogP contribution in [0.15, 0.2) is 0 Å². The first kappa shape index (κ1) is 13.0. The Morgan fingerprint density at radius 2 is 2.00 bits per heavy atom. The summed E-state index contributed by atoms with van der Waals surface area (Å²) in [5.41, 5.74) is 0. The monoisotopic (exact) mass is 228 g/mol. The molecule has 1 saturated heterocycles. The Bertz CT molecular complexity index is 248. The molecular formula is C11H20N2O3. The van der Waals surface area contributed by atoms with Crippen molar-refractivity contribution in [3.63, 3.8) is 0 Å². The number of carbonyl (C=O) groups is 2. The molecule has 92 valence electrons. The number of hydrogen-bond acceptors (Lipinski definition) is 4. The molecule has 1 amide bonds. The Labute approximate surface area is 96.1 Å². The lowest BCUT2D eigenvalue weighted by molar-refractivity contribution is -0.150. The maximum atomic E-state index is 11.5. The fourth-order valence-electron chi connectivity index (χ4n) is 1.96. The number of esters is 1. The quantitative estimate of drug-likeness (QED) is 0.696. The first-order valence-corrected chi connectivity index (χ1v) is 5.78. The minimum absolute atomic E-state index is 0.0556. The maximum absolute atomic E-state index is 11.5. The summed E-state index contributed by atoms with van der Waals surface area (Å²) in [6.07, 6.45) is 1.80. The number of nitrogens with zero attached hydrogens (tertiary/aromatic N) is 1. The van der Waals surface area contributed by atoms with E-state index in [-0.39, 0.29) is 24.5 Å². The molecular weight excluding hydrogens is 208 g/mol. The average molecular weight is 228 g/mol. The van der Waals surface area contributed by atoms with Crippen LogP contribution in [0.2, 0.25) is 0 Å². The van der Waals surface area contributed by atoms with Gasteiger partial charge in [0.1, 0.15) is 6.54 Å². The van der Waals surface area contributed by atoms with E-state index in [1.807, 2.05) is 0 Å². The number of amides is 1. The summed E-state index contributed by atoms with van der Waals surface area (Å²) in [7, 11) is 0. The Morgan fingerprint density at radius 1 is 1.38 bits per heavy atom. The summed E-state index contributed by atoms with van der Waals surface area (Å²) in [5.74, 6) is -0.379. The van der Waals surface area contributed by atoms with E-state index in [4.69, 9.17) is 4.74 Å². The predicted molar refractivity (Wildman–Crippen MR) is 59.9 cm³/mol. The van der Waals surface area contributed by atoms with Gasteiger partial charge in [-0.1, -0.05) is 0 Å². The highest BCUT2D eigenvalue weighted by Crippen LogP contribution is 2.12. The van der Waals surface area contributed by atoms with Gasteiger partial charge in [0, 0.05) is 13.0 Å². The first-order chi connectivity index (χ1) is 7.65. The molecule has 16 heavy (non-hydrogen) atoms. The summed E-state index contributed by atoms with van der Waals surface area (Å²) >= 11 is 0. The Hall–Kier alpha value is -1.10. The lowest BCUT2D eigenvalue weighted by Crippen LogP contribution is -2.47. The zero-order valence-corrected chi connectivity index (χ0v) is 9.99. The van der Waals surface area contributed by atoms with Crippen LogP contribution in [0, 0.1) is 0 Å². The third-order valence-corrected chi connectivity index (χ3v) is 2.76. The zero-order valence-electron chi connectivity index (χ0n) is 9.99. The van der Waals surface area contributed by atoms with Gasteiger partial charge in [0.15, 0.2) is 0 Å². The van der Waals surface area contributed by atoms with Gasteiger partial charge in [-0.3, -0.25) is 9.59 Å². The van der Waals surface area contributed by atoms with E-state index < -0.39 is 0 Å². The highest BCUT2D eigenvalue weighted by molar-refractivity contribution is 5.80. The van der Waals surface area contributed by atoms with E-state index in [9.17, 15) is 9.59 Å². The molecule has 1 fully saturated rings. The number of nitrogens with one attached hydrogen (secondary N) is 1. The van der Waals surface area contributed by atoms with Crippen molar-refractivity contribution >= 4 is 11.9 Å². The van der Waals surface area contributed by atoms with Crippen molar-refractivity contribution in [1.29, 1.82) is 0 Å². The van der Waals surface area contributed by atoms with Crippen LogP contribution in [0.1, 0.15) is 26.7 Å². The van der Waals surface area contributed by atoms with Crippen molar-refractivity contribution < 1.29 is 14.3 Å². The normalized spacial score (nSPS) is 16.9. The van der Waals surface area contributed by atoms with Crippen LogP contribution in [0.25, 0.3) is 0 Å². The van der Waals surface area contributed by atoms with Crippen LogP contribution in [0.3, 0.4) is 0 Å².